The lowest BCUT2D eigenvalue weighted by molar-refractivity contribution is 0.482. The third kappa shape index (κ3) is 3.14. The first-order valence-electron chi connectivity index (χ1n) is 8.41. The van der Waals surface area contributed by atoms with Crippen LogP contribution in [0, 0.1) is 11.3 Å². The van der Waals surface area contributed by atoms with E-state index in [0.717, 1.165) is 0 Å². The molecule has 27 heavy (non-hydrogen) atoms. The molecule has 3 aromatic rings. The summed E-state index contributed by atoms with van der Waals surface area (Å²) in [6.45, 7) is 0. The molecule has 1 aliphatic rings. The van der Waals surface area contributed by atoms with Crippen molar-refractivity contribution in [3.8, 4) is 17.6 Å². The maximum Gasteiger partial charge on any atom is 0.199 e. The van der Waals surface area contributed by atoms with Gasteiger partial charge in [-0.1, -0.05) is 42.5 Å². The number of nitrogens with zero attached hydrogens (tertiary/aromatic N) is 1. The van der Waals surface area contributed by atoms with Crippen molar-refractivity contribution in [1.82, 2.24) is 0 Å². The number of ether oxygens (including phenoxy) is 1. The number of hydrogen-bond acceptors (Lipinski definition) is 5. The number of benzene rings is 3. The highest BCUT2D eigenvalue weighted by atomic mass is 32.2. The lowest BCUT2D eigenvalue weighted by Crippen LogP contribution is -2.36. The van der Waals surface area contributed by atoms with Gasteiger partial charge < -0.3 is 10.1 Å². The van der Waals surface area contributed by atoms with E-state index in [4.69, 9.17) is 4.74 Å². The molecule has 134 valence electrons. The third-order valence-electron chi connectivity index (χ3n) is 4.49. The summed E-state index contributed by atoms with van der Waals surface area (Å²) >= 11 is 0. The van der Waals surface area contributed by atoms with Crippen LogP contribution in [0.3, 0.4) is 0 Å². The largest absolute Gasteiger partial charge is 0.457 e. The molecule has 0 saturated heterocycles. The highest BCUT2D eigenvalue weighted by Gasteiger charge is 2.41. The van der Waals surface area contributed by atoms with Gasteiger partial charge in [-0.3, -0.25) is 0 Å². The van der Waals surface area contributed by atoms with Crippen molar-refractivity contribution in [3.05, 3.63) is 84.4 Å². The number of rotatable bonds is 3. The lowest BCUT2D eigenvalue weighted by atomic mass is 10.0. The molecule has 2 unspecified atom stereocenters. The van der Waals surface area contributed by atoms with Gasteiger partial charge in [-0.25, -0.2) is 8.42 Å². The Bertz CT molecular complexity index is 1100. The van der Waals surface area contributed by atoms with Crippen molar-refractivity contribution in [2.45, 2.75) is 16.2 Å². The van der Waals surface area contributed by atoms with Gasteiger partial charge >= 0.3 is 0 Å². The van der Waals surface area contributed by atoms with Gasteiger partial charge in [-0.05, 0) is 42.0 Å². The Kier molecular flexibility index (Phi) is 4.30. The second-order valence-corrected chi connectivity index (χ2v) is 8.23. The molecule has 0 bridgehead atoms. The van der Waals surface area contributed by atoms with Crippen molar-refractivity contribution >= 4 is 15.5 Å². The Morgan fingerprint density at radius 2 is 1.48 bits per heavy atom. The minimum atomic E-state index is -3.74. The smallest absolute Gasteiger partial charge is 0.199 e. The number of para-hydroxylation sites is 2. The quantitative estimate of drug-likeness (QED) is 0.737. The maximum absolute atomic E-state index is 12.8. The SMILES string of the molecule is N#CC1C(c2ccc(Oc3ccccc3)cc2)Nc2ccccc2S1(=O)=O. The third-order valence-corrected chi connectivity index (χ3v) is 6.50. The second-order valence-electron chi connectivity index (χ2n) is 6.20. The van der Waals surface area contributed by atoms with Crippen LogP contribution in [0.15, 0.2) is 83.8 Å². The normalized spacial score (nSPS) is 20.0. The number of fused-ring (bicyclic) bond motifs is 1. The summed E-state index contributed by atoms with van der Waals surface area (Å²) < 4.78 is 31.4. The van der Waals surface area contributed by atoms with E-state index < -0.39 is 21.1 Å². The standard InChI is InChI=1S/C21H16N2O3S/c22-14-20-21(23-18-8-4-5-9-19(18)27(20,24)25)15-10-12-17(13-11-15)26-16-6-2-1-3-7-16/h1-13,20-21,23H. The zero-order chi connectivity index (χ0) is 18.9. The molecule has 5 nitrogen and oxygen atoms in total. The van der Waals surface area contributed by atoms with E-state index in [2.05, 4.69) is 5.32 Å². The van der Waals surface area contributed by atoms with Gasteiger partial charge in [0.2, 0.25) is 0 Å². The Balaban J connectivity index is 1.66. The van der Waals surface area contributed by atoms with Crippen LogP contribution in [0.4, 0.5) is 5.69 Å². The fraction of sp³-hybridized carbons (Fsp3) is 0.0952. The van der Waals surface area contributed by atoms with Crippen LogP contribution in [-0.4, -0.2) is 13.7 Å². The van der Waals surface area contributed by atoms with Crippen molar-refractivity contribution < 1.29 is 13.2 Å². The highest BCUT2D eigenvalue weighted by molar-refractivity contribution is 7.92. The summed E-state index contributed by atoms with van der Waals surface area (Å²) in [5.41, 5.74) is 1.22. The first-order valence-corrected chi connectivity index (χ1v) is 9.96. The van der Waals surface area contributed by atoms with Crippen LogP contribution in [0.2, 0.25) is 0 Å². The van der Waals surface area contributed by atoms with E-state index in [-0.39, 0.29) is 4.90 Å². The predicted molar refractivity (Wildman–Crippen MR) is 102 cm³/mol. The summed E-state index contributed by atoms with van der Waals surface area (Å²) in [5, 5.41) is 11.5. The maximum atomic E-state index is 12.8. The molecule has 0 radical (unpaired) electrons. The number of sulfone groups is 1. The van der Waals surface area contributed by atoms with Gasteiger partial charge in [0.25, 0.3) is 0 Å². The minimum Gasteiger partial charge on any atom is -0.457 e. The van der Waals surface area contributed by atoms with Gasteiger partial charge in [0.05, 0.1) is 22.7 Å². The van der Waals surface area contributed by atoms with Crippen LogP contribution >= 0.6 is 0 Å². The topological polar surface area (TPSA) is 79.2 Å². The first kappa shape index (κ1) is 17.1. The molecule has 0 aliphatic carbocycles. The average Bonchev–Trinajstić information content (AvgIpc) is 2.69. The van der Waals surface area contributed by atoms with Crippen molar-refractivity contribution in [2.75, 3.05) is 5.32 Å². The Morgan fingerprint density at radius 3 is 2.19 bits per heavy atom. The monoisotopic (exact) mass is 376 g/mol. The summed E-state index contributed by atoms with van der Waals surface area (Å²) in [6, 6.07) is 24.4. The molecule has 3 aromatic carbocycles. The van der Waals surface area contributed by atoms with E-state index in [1.807, 2.05) is 36.4 Å². The minimum absolute atomic E-state index is 0.164. The predicted octanol–water partition coefficient (Wildman–Crippen LogP) is 4.31. The lowest BCUT2D eigenvalue weighted by Gasteiger charge is -2.31. The average molecular weight is 376 g/mol. The van der Waals surface area contributed by atoms with Crippen LogP contribution in [0.5, 0.6) is 11.5 Å². The van der Waals surface area contributed by atoms with Gasteiger partial charge in [0, 0.05) is 0 Å². The Hall–Kier alpha value is -3.30. The number of hydrogen-bond donors (Lipinski definition) is 1. The van der Waals surface area contributed by atoms with Gasteiger partial charge in [0.1, 0.15) is 11.5 Å². The van der Waals surface area contributed by atoms with E-state index in [1.165, 1.54) is 6.07 Å². The number of nitriles is 1. The highest BCUT2D eigenvalue weighted by Crippen LogP contribution is 2.39. The summed E-state index contributed by atoms with van der Waals surface area (Å²) in [7, 11) is -3.74. The molecule has 0 fully saturated rings. The van der Waals surface area contributed by atoms with Crippen LogP contribution in [0.1, 0.15) is 11.6 Å². The van der Waals surface area contributed by atoms with Crippen LogP contribution < -0.4 is 10.1 Å². The summed E-state index contributed by atoms with van der Waals surface area (Å²) in [4.78, 5) is 0.164. The number of anilines is 1. The van der Waals surface area contributed by atoms with Crippen molar-refractivity contribution in [1.29, 1.82) is 5.26 Å². The molecule has 6 heteroatoms. The molecular weight excluding hydrogens is 360 g/mol. The van der Waals surface area contributed by atoms with Crippen molar-refractivity contribution in [2.24, 2.45) is 0 Å². The molecule has 4 rings (SSSR count). The van der Waals surface area contributed by atoms with E-state index in [1.54, 1.807) is 42.5 Å². The van der Waals surface area contributed by atoms with Crippen LogP contribution in [-0.2, 0) is 9.84 Å². The molecule has 1 N–H and O–H groups in total. The fourth-order valence-electron chi connectivity index (χ4n) is 3.16. The zero-order valence-corrected chi connectivity index (χ0v) is 15.1. The Labute approximate surface area is 157 Å². The number of nitrogens with one attached hydrogen (secondary N) is 1. The molecule has 2 atom stereocenters. The summed E-state index contributed by atoms with van der Waals surface area (Å²) in [5.74, 6) is 1.35. The zero-order valence-electron chi connectivity index (χ0n) is 14.2. The van der Waals surface area contributed by atoms with E-state index in [0.29, 0.717) is 22.7 Å². The van der Waals surface area contributed by atoms with Crippen molar-refractivity contribution in [3.63, 3.8) is 0 Å². The Morgan fingerprint density at radius 1 is 0.852 bits per heavy atom. The van der Waals surface area contributed by atoms with Gasteiger partial charge in [0.15, 0.2) is 15.1 Å². The summed E-state index contributed by atoms with van der Waals surface area (Å²) in [6.07, 6.45) is 0. The molecule has 1 heterocycles. The molecule has 0 saturated carbocycles. The molecular formula is C21H16N2O3S. The molecule has 0 aromatic heterocycles. The second kappa shape index (κ2) is 6.78. The fourth-order valence-corrected chi connectivity index (χ4v) is 4.86. The van der Waals surface area contributed by atoms with Crippen LogP contribution in [0.25, 0.3) is 0 Å². The van der Waals surface area contributed by atoms with Gasteiger partial charge in [-0.15, -0.1) is 0 Å². The molecule has 1 aliphatic heterocycles. The molecule has 0 spiro atoms. The van der Waals surface area contributed by atoms with E-state index in [9.17, 15) is 13.7 Å². The molecule has 0 amide bonds. The van der Waals surface area contributed by atoms with E-state index >= 15 is 0 Å². The van der Waals surface area contributed by atoms with Gasteiger partial charge in [-0.2, -0.15) is 5.26 Å². The first-order chi connectivity index (χ1) is 13.1.